The molecule has 108 valence electrons. The summed E-state index contributed by atoms with van der Waals surface area (Å²) in [6, 6.07) is 3.33. The molecule has 1 heterocycles. The zero-order valence-corrected chi connectivity index (χ0v) is 10.5. The number of fused-ring (bicyclic) bond motifs is 1. The number of aryl methyl sites for hydroxylation is 1. The number of halogens is 4. The summed E-state index contributed by atoms with van der Waals surface area (Å²) in [5.41, 5.74) is -0.905. The van der Waals surface area contributed by atoms with E-state index < -0.39 is 23.7 Å². The number of benzene rings is 1. The van der Waals surface area contributed by atoms with Gasteiger partial charge in [-0.05, 0) is 30.2 Å². The predicted molar refractivity (Wildman–Crippen MR) is 63.6 cm³/mol. The Morgan fingerprint density at radius 3 is 2.65 bits per heavy atom. The topological polar surface area (TPSA) is 42.1 Å². The van der Waals surface area contributed by atoms with E-state index in [-0.39, 0.29) is 29.3 Å². The van der Waals surface area contributed by atoms with Gasteiger partial charge in [-0.25, -0.2) is 4.39 Å². The van der Waals surface area contributed by atoms with Crippen LogP contribution in [-0.2, 0) is 22.1 Å². The van der Waals surface area contributed by atoms with E-state index in [4.69, 9.17) is 0 Å². The number of methoxy groups -OCH3 is 1. The Hall–Kier alpha value is -2.05. The van der Waals surface area contributed by atoms with Crippen LogP contribution in [0.2, 0.25) is 0 Å². The van der Waals surface area contributed by atoms with Crippen molar-refractivity contribution in [3.8, 4) is 0 Å². The minimum absolute atomic E-state index is 0.126. The monoisotopic (exact) mass is 289 g/mol. The SMILES string of the molecule is COC(=O)CCc1c(C(F)(F)F)[nH]c2ccc(F)cc12. The summed E-state index contributed by atoms with van der Waals surface area (Å²) in [7, 11) is 1.15. The van der Waals surface area contributed by atoms with Gasteiger partial charge >= 0.3 is 12.1 Å². The molecule has 0 atom stereocenters. The Kier molecular flexibility index (Phi) is 3.69. The number of carbonyl (C=O) groups is 1. The molecule has 1 N–H and O–H groups in total. The highest BCUT2D eigenvalue weighted by atomic mass is 19.4. The number of aromatic amines is 1. The van der Waals surface area contributed by atoms with Crippen molar-refractivity contribution in [3.63, 3.8) is 0 Å². The fraction of sp³-hybridized carbons (Fsp3) is 0.308. The van der Waals surface area contributed by atoms with Crippen molar-refractivity contribution in [2.75, 3.05) is 7.11 Å². The largest absolute Gasteiger partial charge is 0.469 e. The highest BCUT2D eigenvalue weighted by molar-refractivity contribution is 5.85. The molecule has 1 aromatic heterocycles. The Bertz CT molecular complexity index is 646. The molecule has 0 bridgehead atoms. The first-order chi connectivity index (χ1) is 9.32. The van der Waals surface area contributed by atoms with E-state index in [0.29, 0.717) is 0 Å². The van der Waals surface area contributed by atoms with Gasteiger partial charge in [-0.2, -0.15) is 13.2 Å². The molecule has 0 saturated heterocycles. The number of rotatable bonds is 3. The lowest BCUT2D eigenvalue weighted by Crippen LogP contribution is -2.10. The molecule has 0 unspecified atom stereocenters. The first-order valence-electron chi connectivity index (χ1n) is 5.77. The number of esters is 1. The van der Waals surface area contributed by atoms with Crippen LogP contribution < -0.4 is 0 Å². The third-order valence-electron chi connectivity index (χ3n) is 2.96. The van der Waals surface area contributed by atoms with E-state index in [1.54, 1.807) is 0 Å². The van der Waals surface area contributed by atoms with Crippen molar-refractivity contribution in [1.29, 1.82) is 0 Å². The molecule has 1 aromatic carbocycles. The second-order valence-corrected chi connectivity index (χ2v) is 4.24. The normalized spacial score (nSPS) is 11.8. The van der Waals surface area contributed by atoms with Crippen LogP contribution in [0.25, 0.3) is 10.9 Å². The maximum Gasteiger partial charge on any atom is 0.431 e. The zero-order valence-electron chi connectivity index (χ0n) is 10.5. The molecular weight excluding hydrogens is 278 g/mol. The maximum absolute atomic E-state index is 13.2. The van der Waals surface area contributed by atoms with E-state index in [2.05, 4.69) is 9.72 Å². The van der Waals surface area contributed by atoms with Crippen LogP contribution in [0.5, 0.6) is 0 Å². The molecule has 3 nitrogen and oxygen atoms in total. The summed E-state index contributed by atoms with van der Waals surface area (Å²) in [5, 5.41) is 0.126. The highest BCUT2D eigenvalue weighted by Crippen LogP contribution is 2.36. The number of alkyl halides is 3. The summed E-state index contributed by atoms with van der Waals surface area (Å²) >= 11 is 0. The van der Waals surface area contributed by atoms with Gasteiger partial charge in [-0.15, -0.1) is 0 Å². The Morgan fingerprint density at radius 2 is 2.05 bits per heavy atom. The van der Waals surface area contributed by atoms with Gasteiger partial charge in [0.2, 0.25) is 0 Å². The Balaban J connectivity index is 2.51. The predicted octanol–water partition coefficient (Wildman–Crippen LogP) is 3.43. The van der Waals surface area contributed by atoms with E-state index in [1.165, 1.54) is 6.07 Å². The number of ether oxygens (including phenoxy) is 1. The quantitative estimate of drug-likeness (QED) is 0.695. The number of hydrogen-bond donors (Lipinski definition) is 1. The molecule has 20 heavy (non-hydrogen) atoms. The molecule has 2 aromatic rings. The van der Waals surface area contributed by atoms with Gasteiger partial charge in [0.15, 0.2) is 0 Å². The lowest BCUT2D eigenvalue weighted by molar-refractivity contribution is -0.143. The fourth-order valence-corrected chi connectivity index (χ4v) is 2.05. The number of aromatic nitrogens is 1. The van der Waals surface area contributed by atoms with Crippen molar-refractivity contribution in [2.45, 2.75) is 19.0 Å². The Labute approximate surface area is 111 Å². The molecule has 0 aliphatic rings. The van der Waals surface area contributed by atoms with Crippen LogP contribution in [-0.4, -0.2) is 18.1 Å². The summed E-state index contributed by atoms with van der Waals surface area (Å²) in [5.74, 6) is -1.26. The second kappa shape index (κ2) is 5.15. The van der Waals surface area contributed by atoms with E-state index in [0.717, 1.165) is 19.2 Å². The van der Waals surface area contributed by atoms with Crippen LogP contribution in [0.3, 0.4) is 0 Å². The third kappa shape index (κ3) is 2.76. The van der Waals surface area contributed by atoms with Crippen molar-refractivity contribution < 1.29 is 27.1 Å². The van der Waals surface area contributed by atoms with Crippen LogP contribution in [0.15, 0.2) is 18.2 Å². The van der Waals surface area contributed by atoms with E-state index in [9.17, 15) is 22.4 Å². The van der Waals surface area contributed by atoms with Gasteiger partial charge < -0.3 is 9.72 Å². The number of hydrogen-bond acceptors (Lipinski definition) is 2. The smallest absolute Gasteiger partial charge is 0.431 e. The lowest BCUT2D eigenvalue weighted by Gasteiger charge is -2.07. The van der Waals surface area contributed by atoms with E-state index >= 15 is 0 Å². The first kappa shape index (κ1) is 14.4. The molecule has 7 heteroatoms. The third-order valence-corrected chi connectivity index (χ3v) is 2.96. The molecule has 0 radical (unpaired) electrons. The van der Waals surface area contributed by atoms with Gasteiger partial charge in [0.1, 0.15) is 11.5 Å². The molecule has 2 rings (SSSR count). The molecule has 0 aliphatic heterocycles. The first-order valence-corrected chi connectivity index (χ1v) is 5.77. The van der Waals surface area contributed by atoms with Crippen molar-refractivity contribution in [1.82, 2.24) is 4.98 Å². The van der Waals surface area contributed by atoms with Crippen molar-refractivity contribution in [3.05, 3.63) is 35.3 Å². The van der Waals surface area contributed by atoms with Gasteiger partial charge in [-0.1, -0.05) is 0 Å². The molecule has 0 spiro atoms. The maximum atomic E-state index is 13.2. The van der Waals surface area contributed by atoms with E-state index in [1.807, 2.05) is 0 Å². The number of carbonyl (C=O) groups excluding carboxylic acids is 1. The van der Waals surface area contributed by atoms with Crippen LogP contribution in [0.1, 0.15) is 17.7 Å². The molecule has 0 amide bonds. The minimum Gasteiger partial charge on any atom is -0.469 e. The van der Waals surface area contributed by atoms with Crippen molar-refractivity contribution >= 4 is 16.9 Å². The van der Waals surface area contributed by atoms with Crippen molar-refractivity contribution in [2.24, 2.45) is 0 Å². The molecular formula is C13H11F4NO2. The molecule has 0 fully saturated rings. The minimum atomic E-state index is -4.60. The summed E-state index contributed by atoms with van der Waals surface area (Å²) in [4.78, 5) is 13.3. The lowest BCUT2D eigenvalue weighted by atomic mass is 10.0. The van der Waals surface area contributed by atoms with Gasteiger partial charge in [0.25, 0.3) is 0 Å². The fourth-order valence-electron chi connectivity index (χ4n) is 2.05. The average Bonchev–Trinajstić information content (AvgIpc) is 2.73. The van der Waals surface area contributed by atoms with Gasteiger partial charge in [0.05, 0.1) is 7.11 Å². The van der Waals surface area contributed by atoms with Crippen LogP contribution >= 0.6 is 0 Å². The summed E-state index contributed by atoms with van der Waals surface area (Å²) in [6.07, 6.45) is -4.98. The number of nitrogens with one attached hydrogen (secondary N) is 1. The van der Waals surface area contributed by atoms with Gasteiger partial charge in [-0.3, -0.25) is 4.79 Å². The van der Waals surface area contributed by atoms with Crippen LogP contribution in [0.4, 0.5) is 17.6 Å². The van der Waals surface area contributed by atoms with Crippen LogP contribution in [0, 0.1) is 5.82 Å². The molecule has 0 aliphatic carbocycles. The zero-order chi connectivity index (χ0) is 14.9. The Morgan fingerprint density at radius 1 is 1.35 bits per heavy atom. The van der Waals surface area contributed by atoms with Gasteiger partial charge in [0, 0.05) is 17.3 Å². The summed E-state index contributed by atoms with van der Waals surface area (Å²) in [6.45, 7) is 0. The average molecular weight is 289 g/mol. The standard InChI is InChI=1S/C13H11F4NO2/c1-20-11(19)5-3-8-9-6-7(14)2-4-10(9)18-12(8)13(15,16)17/h2,4,6,18H,3,5H2,1H3. The summed E-state index contributed by atoms with van der Waals surface area (Å²) < 4.78 is 56.5. The molecule has 0 saturated carbocycles. The number of H-pyrrole nitrogens is 1. The second-order valence-electron chi connectivity index (χ2n) is 4.24. The highest BCUT2D eigenvalue weighted by Gasteiger charge is 2.36.